The Morgan fingerprint density at radius 3 is 2.57 bits per heavy atom. The molecule has 0 aliphatic heterocycles. The summed E-state index contributed by atoms with van der Waals surface area (Å²) in [7, 11) is -3.93. The summed E-state index contributed by atoms with van der Waals surface area (Å²) >= 11 is 0. The van der Waals surface area contributed by atoms with Crippen LogP contribution in [0.1, 0.15) is 6.92 Å². The summed E-state index contributed by atoms with van der Waals surface area (Å²) in [5.41, 5.74) is 1.26. The fourth-order valence-electron chi connectivity index (χ4n) is 2.03. The molecular formula is C14H11NO5S. The van der Waals surface area contributed by atoms with Crippen LogP contribution in [-0.4, -0.2) is 14.4 Å². The molecular weight excluding hydrogens is 294 g/mol. The van der Waals surface area contributed by atoms with Crippen molar-refractivity contribution in [1.82, 2.24) is 4.89 Å². The van der Waals surface area contributed by atoms with Gasteiger partial charge in [-0.05, 0) is 29.2 Å². The molecule has 0 unspecified atom stereocenters. The van der Waals surface area contributed by atoms with E-state index in [1.165, 1.54) is 12.1 Å². The first kappa shape index (κ1) is 13.6. The molecule has 0 bridgehead atoms. The third-order valence-corrected chi connectivity index (χ3v) is 4.13. The quantitative estimate of drug-likeness (QED) is 0.751. The lowest BCUT2D eigenvalue weighted by atomic mass is 10.1. The molecule has 7 heteroatoms. The van der Waals surface area contributed by atoms with E-state index in [9.17, 15) is 13.2 Å². The van der Waals surface area contributed by atoms with Crippen molar-refractivity contribution in [2.75, 3.05) is 0 Å². The molecule has 21 heavy (non-hydrogen) atoms. The number of carbonyl (C=O) groups excluding carboxylic acids is 1. The van der Waals surface area contributed by atoms with Crippen LogP contribution in [0, 0.1) is 0 Å². The lowest BCUT2D eigenvalue weighted by Gasteiger charge is -2.05. The third-order valence-electron chi connectivity index (χ3n) is 2.95. The first-order valence-electron chi connectivity index (χ1n) is 6.08. The topological polar surface area (TPSA) is 85.6 Å². The van der Waals surface area contributed by atoms with Gasteiger partial charge in [-0.25, -0.2) is 8.42 Å². The predicted molar refractivity (Wildman–Crippen MR) is 75.8 cm³/mol. The van der Waals surface area contributed by atoms with Crippen LogP contribution in [0.4, 0.5) is 0 Å². The standard InChI is InChI=1S/C14H11NO5S/c1-9(16)20-15-21(17,18)10-6-7-14-12(8-10)11-4-2-3-5-13(11)19-14/h2-8,15H,1H3. The zero-order valence-corrected chi connectivity index (χ0v) is 11.8. The second-order valence-electron chi connectivity index (χ2n) is 4.44. The number of hydrogen-bond acceptors (Lipinski definition) is 5. The molecule has 1 heterocycles. The van der Waals surface area contributed by atoms with Crippen molar-refractivity contribution in [1.29, 1.82) is 0 Å². The first-order chi connectivity index (χ1) is 9.97. The van der Waals surface area contributed by atoms with Crippen LogP contribution in [0.5, 0.6) is 0 Å². The van der Waals surface area contributed by atoms with Gasteiger partial charge in [0.1, 0.15) is 11.2 Å². The maximum absolute atomic E-state index is 12.0. The van der Waals surface area contributed by atoms with E-state index < -0.39 is 16.0 Å². The molecule has 0 spiro atoms. The zero-order valence-electron chi connectivity index (χ0n) is 11.0. The van der Waals surface area contributed by atoms with Gasteiger partial charge in [-0.3, -0.25) is 4.79 Å². The normalized spacial score (nSPS) is 11.9. The van der Waals surface area contributed by atoms with Crippen LogP contribution < -0.4 is 4.89 Å². The highest BCUT2D eigenvalue weighted by molar-refractivity contribution is 7.89. The van der Waals surface area contributed by atoms with Gasteiger partial charge in [0.2, 0.25) is 0 Å². The highest BCUT2D eigenvalue weighted by atomic mass is 32.2. The molecule has 1 N–H and O–H groups in total. The van der Waals surface area contributed by atoms with Crippen molar-refractivity contribution < 1.29 is 22.5 Å². The second kappa shape index (κ2) is 4.87. The van der Waals surface area contributed by atoms with Crippen molar-refractivity contribution in [3.05, 3.63) is 42.5 Å². The number of nitrogens with one attached hydrogen (secondary N) is 1. The van der Waals surface area contributed by atoms with E-state index in [2.05, 4.69) is 4.84 Å². The van der Waals surface area contributed by atoms with Gasteiger partial charge in [0, 0.05) is 17.7 Å². The van der Waals surface area contributed by atoms with Crippen molar-refractivity contribution in [2.45, 2.75) is 11.8 Å². The Balaban J connectivity index is 2.12. The Kier molecular flexibility index (Phi) is 3.15. The Hall–Kier alpha value is -2.38. The highest BCUT2D eigenvalue weighted by Crippen LogP contribution is 2.30. The molecule has 108 valence electrons. The third kappa shape index (κ3) is 2.48. The molecule has 3 rings (SSSR count). The van der Waals surface area contributed by atoms with Crippen LogP contribution >= 0.6 is 0 Å². The summed E-state index contributed by atoms with van der Waals surface area (Å²) in [6.45, 7) is 1.11. The average molecular weight is 305 g/mol. The van der Waals surface area contributed by atoms with Gasteiger partial charge in [0.15, 0.2) is 0 Å². The van der Waals surface area contributed by atoms with Gasteiger partial charge >= 0.3 is 5.97 Å². The molecule has 6 nitrogen and oxygen atoms in total. The van der Waals surface area contributed by atoms with Crippen molar-refractivity contribution >= 4 is 37.9 Å². The van der Waals surface area contributed by atoms with Gasteiger partial charge in [-0.15, -0.1) is 0 Å². The van der Waals surface area contributed by atoms with Crippen LogP contribution in [0.3, 0.4) is 0 Å². The molecule has 1 aromatic heterocycles. The van der Waals surface area contributed by atoms with E-state index in [4.69, 9.17) is 4.42 Å². The van der Waals surface area contributed by atoms with E-state index in [1.54, 1.807) is 17.0 Å². The number of fused-ring (bicyclic) bond motifs is 3. The summed E-state index contributed by atoms with van der Waals surface area (Å²) < 4.78 is 29.7. The minimum atomic E-state index is -3.93. The number of rotatable bonds is 3. The van der Waals surface area contributed by atoms with Crippen LogP contribution in [0.2, 0.25) is 0 Å². The maximum atomic E-state index is 12.0. The maximum Gasteiger partial charge on any atom is 0.323 e. The van der Waals surface area contributed by atoms with Gasteiger partial charge < -0.3 is 9.25 Å². The predicted octanol–water partition coefficient (Wildman–Crippen LogP) is 2.34. The monoisotopic (exact) mass is 305 g/mol. The number of furan rings is 1. The fraction of sp³-hybridized carbons (Fsp3) is 0.0714. The van der Waals surface area contributed by atoms with E-state index in [1.807, 2.05) is 18.2 Å². The molecule has 0 aliphatic rings. The average Bonchev–Trinajstić information content (AvgIpc) is 2.83. The van der Waals surface area contributed by atoms with Gasteiger partial charge in [-0.1, -0.05) is 18.2 Å². The van der Waals surface area contributed by atoms with E-state index in [0.717, 1.165) is 12.3 Å². The minimum absolute atomic E-state index is 0.0113. The van der Waals surface area contributed by atoms with Crippen LogP contribution in [0.15, 0.2) is 51.8 Å². The van der Waals surface area contributed by atoms with Crippen molar-refractivity contribution in [2.24, 2.45) is 0 Å². The molecule has 2 aromatic carbocycles. The Bertz CT molecular complexity index is 942. The first-order valence-corrected chi connectivity index (χ1v) is 7.56. The minimum Gasteiger partial charge on any atom is -0.456 e. The molecule has 0 saturated carbocycles. The fourth-order valence-corrected chi connectivity index (χ4v) is 2.88. The molecule has 0 radical (unpaired) electrons. The molecule has 0 aliphatic carbocycles. The molecule has 3 aromatic rings. The number of benzene rings is 2. The van der Waals surface area contributed by atoms with Crippen molar-refractivity contribution in [3.8, 4) is 0 Å². The second-order valence-corrected chi connectivity index (χ2v) is 6.08. The van der Waals surface area contributed by atoms with Gasteiger partial charge in [0.05, 0.1) is 4.90 Å². The Labute approximate surface area is 120 Å². The Morgan fingerprint density at radius 2 is 1.81 bits per heavy atom. The van der Waals surface area contributed by atoms with Crippen LogP contribution in [0.25, 0.3) is 21.9 Å². The highest BCUT2D eigenvalue weighted by Gasteiger charge is 2.17. The molecule has 0 amide bonds. The summed E-state index contributed by atoms with van der Waals surface area (Å²) in [5, 5.41) is 1.49. The van der Waals surface area contributed by atoms with E-state index >= 15 is 0 Å². The SMILES string of the molecule is CC(=O)ONS(=O)(=O)c1ccc2oc3ccccc3c2c1. The lowest BCUT2D eigenvalue weighted by Crippen LogP contribution is -2.26. The van der Waals surface area contributed by atoms with Gasteiger partial charge in [-0.2, -0.15) is 0 Å². The lowest BCUT2D eigenvalue weighted by molar-refractivity contribution is -0.144. The summed E-state index contributed by atoms with van der Waals surface area (Å²) in [5.74, 6) is -0.742. The largest absolute Gasteiger partial charge is 0.456 e. The number of para-hydroxylation sites is 1. The number of sulfonamides is 1. The molecule has 0 saturated heterocycles. The summed E-state index contributed by atoms with van der Waals surface area (Å²) in [6, 6.07) is 11.8. The zero-order chi connectivity index (χ0) is 15.0. The Morgan fingerprint density at radius 1 is 1.10 bits per heavy atom. The summed E-state index contributed by atoms with van der Waals surface area (Å²) in [4.78, 5) is 16.8. The molecule has 0 fully saturated rings. The number of carbonyl (C=O) groups is 1. The van der Waals surface area contributed by atoms with Crippen LogP contribution in [-0.2, 0) is 19.7 Å². The number of hydrogen-bond donors (Lipinski definition) is 1. The van der Waals surface area contributed by atoms with E-state index in [-0.39, 0.29) is 4.90 Å². The smallest absolute Gasteiger partial charge is 0.323 e. The van der Waals surface area contributed by atoms with Gasteiger partial charge in [0.25, 0.3) is 10.0 Å². The summed E-state index contributed by atoms with van der Waals surface area (Å²) in [6.07, 6.45) is 0. The van der Waals surface area contributed by atoms with E-state index in [0.29, 0.717) is 16.6 Å². The molecule has 0 atom stereocenters. The van der Waals surface area contributed by atoms with Crippen molar-refractivity contribution in [3.63, 3.8) is 0 Å².